The van der Waals surface area contributed by atoms with E-state index in [-0.39, 0.29) is 18.9 Å². The van der Waals surface area contributed by atoms with Gasteiger partial charge >= 0.3 is 0 Å². The van der Waals surface area contributed by atoms with Gasteiger partial charge in [0.1, 0.15) is 0 Å². The maximum atomic E-state index is 13.7. The summed E-state index contributed by atoms with van der Waals surface area (Å²) in [7, 11) is 0. The highest BCUT2D eigenvalue weighted by Gasteiger charge is 2.38. The van der Waals surface area contributed by atoms with Crippen LogP contribution in [-0.4, -0.2) is 49.6 Å². The number of fused-ring (bicyclic) bond motifs is 3. The number of anilines is 1. The molecule has 0 saturated carbocycles. The average Bonchev–Trinajstić information content (AvgIpc) is 3.53. The van der Waals surface area contributed by atoms with Crippen molar-refractivity contribution in [3.05, 3.63) is 65.1 Å². The summed E-state index contributed by atoms with van der Waals surface area (Å²) in [6, 6.07) is 9.98. The third-order valence-electron chi connectivity index (χ3n) is 6.87. The van der Waals surface area contributed by atoms with Gasteiger partial charge in [-0.3, -0.25) is 14.7 Å². The van der Waals surface area contributed by atoms with Crippen LogP contribution < -0.4 is 5.32 Å². The molecule has 190 valence electrons. The number of pyridine rings is 1. The van der Waals surface area contributed by atoms with Gasteiger partial charge in [0.25, 0.3) is 5.92 Å². The number of rotatable bonds is 5. The molecular weight excluding hydrogens is 494 g/mol. The number of hydrogen-bond donors (Lipinski definition) is 1. The quantitative estimate of drug-likeness (QED) is 0.388. The van der Waals surface area contributed by atoms with Crippen molar-refractivity contribution < 1.29 is 13.6 Å². The Labute approximate surface area is 217 Å². The van der Waals surface area contributed by atoms with Crippen molar-refractivity contribution in [1.29, 1.82) is 0 Å². The Hall–Kier alpha value is -3.50. The van der Waals surface area contributed by atoms with Gasteiger partial charge in [0, 0.05) is 50.0 Å². The number of thiazole rings is 1. The van der Waals surface area contributed by atoms with E-state index in [1.165, 1.54) is 18.3 Å². The van der Waals surface area contributed by atoms with Crippen molar-refractivity contribution in [2.24, 2.45) is 0 Å². The molecule has 0 spiro atoms. The molecule has 0 radical (unpaired) electrons. The summed E-state index contributed by atoms with van der Waals surface area (Å²) < 4.78 is 29.3. The summed E-state index contributed by atoms with van der Waals surface area (Å²) in [6.45, 7) is 4.20. The number of aryl methyl sites for hydroxylation is 2. The highest BCUT2D eigenvalue weighted by Crippen LogP contribution is 2.44. The van der Waals surface area contributed by atoms with Crippen LogP contribution in [0.5, 0.6) is 0 Å². The standard InChI is InChI=1S/C27H26F2N6OS/c1-16-12-18(14-34-11-9-27(28,29)15-34)5-8-22(16)35-24-20(23(33-35)19-4-3-10-30-13-19)6-7-21-25(24)37-26(32-21)31-17(2)36/h3-5,8,10,12-13H,6-7,9,11,14-15H2,1-2H3,(H,31,32,36). The van der Waals surface area contributed by atoms with E-state index < -0.39 is 5.92 Å². The number of nitrogens with zero attached hydrogens (tertiary/aromatic N) is 5. The molecule has 1 aliphatic heterocycles. The van der Waals surface area contributed by atoms with E-state index in [0.29, 0.717) is 18.2 Å². The van der Waals surface area contributed by atoms with Crippen molar-refractivity contribution in [2.45, 2.75) is 45.6 Å². The minimum Gasteiger partial charge on any atom is -0.302 e. The molecule has 0 atom stereocenters. The molecule has 3 aromatic heterocycles. The predicted octanol–water partition coefficient (Wildman–Crippen LogP) is 5.26. The number of carbonyl (C=O) groups excluding carboxylic acids is 1. The van der Waals surface area contributed by atoms with Crippen LogP contribution in [0.3, 0.4) is 0 Å². The summed E-state index contributed by atoms with van der Waals surface area (Å²) in [5.41, 5.74) is 7.80. The van der Waals surface area contributed by atoms with E-state index in [1.807, 2.05) is 42.1 Å². The Morgan fingerprint density at radius 2 is 2.11 bits per heavy atom. The highest BCUT2D eigenvalue weighted by molar-refractivity contribution is 7.19. The fourth-order valence-electron chi connectivity index (χ4n) is 5.24. The third-order valence-corrected chi connectivity index (χ3v) is 7.89. The largest absolute Gasteiger partial charge is 0.302 e. The first-order valence-corrected chi connectivity index (χ1v) is 13.1. The van der Waals surface area contributed by atoms with Crippen molar-refractivity contribution >= 4 is 22.4 Å². The van der Waals surface area contributed by atoms with Crippen LogP contribution >= 0.6 is 11.3 Å². The zero-order valence-corrected chi connectivity index (χ0v) is 21.4. The minimum absolute atomic E-state index is 0.0851. The lowest BCUT2D eigenvalue weighted by molar-refractivity contribution is -0.114. The second-order valence-corrected chi connectivity index (χ2v) is 10.7. The SMILES string of the molecule is CC(=O)Nc1nc2c(s1)-c1c(c(-c3cccnc3)nn1-c1ccc(CN3CCC(F)(F)C3)cc1C)CC2. The fourth-order valence-corrected chi connectivity index (χ4v) is 6.35. The van der Waals surface area contributed by atoms with Gasteiger partial charge in [-0.05, 0) is 49.1 Å². The van der Waals surface area contributed by atoms with Gasteiger partial charge < -0.3 is 5.32 Å². The summed E-state index contributed by atoms with van der Waals surface area (Å²) in [4.78, 5) is 23.4. The number of carbonyl (C=O) groups is 1. The molecule has 4 aromatic rings. The smallest absolute Gasteiger partial charge is 0.261 e. The molecule has 6 rings (SSSR count). The van der Waals surface area contributed by atoms with Gasteiger partial charge in [0.2, 0.25) is 5.91 Å². The molecule has 1 saturated heterocycles. The van der Waals surface area contributed by atoms with E-state index in [9.17, 15) is 13.6 Å². The fraction of sp³-hybridized carbons (Fsp3) is 0.333. The molecule has 1 amide bonds. The molecule has 0 bridgehead atoms. The summed E-state index contributed by atoms with van der Waals surface area (Å²) in [5.74, 6) is -2.76. The van der Waals surface area contributed by atoms with Crippen LogP contribution in [0.2, 0.25) is 0 Å². The molecule has 0 unspecified atom stereocenters. The van der Waals surface area contributed by atoms with Crippen LogP contribution in [0, 0.1) is 6.92 Å². The molecule has 37 heavy (non-hydrogen) atoms. The van der Waals surface area contributed by atoms with Gasteiger partial charge in [0.15, 0.2) is 5.13 Å². The number of halogens is 2. The van der Waals surface area contributed by atoms with Crippen LogP contribution in [0.4, 0.5) is 13.9 Å². The lowest BCUT2D eigenvalue weighted by atomic mass is 9.95. The zero-order valence-electron chi connectivity index (χ0n) is 20.6. The Bertz CT molecular complexity index is 1500. The summed E-state index contributed by atoms with van der Waals surface area (Å²) in [6.07, 6.45) is 5.01. The minimum atomic E-state index is -2.60. The van der Waals surface area contributed by atoms with Gasteiger partial charge in [-0.15, -0.1) is 0 Å². The van der Waals surface area contributed by atoms with Crippen LogP contribution in [0.25, 0.3) is 27.5 Å². The normalized spacial score (nSPS) is 16.4. The van der Waals surface area contributed by atoms with Crippen LogP contribution in [-0.2, 0) is 24.2 Å². The van der Waals surface area contributed by atoms with E-state index in [4.69, 9.17) is 5.10 Å². The molecule has 4 heterocycles. The van der Waals surface area contributed by atoms with Gasteiger partial charge in [-0.25, -0.2) is 18.4 Å². The molecule has 1 N–H and O–H groups in total. The molecule has 7 nitrogen and oxygen atoms in total. The lowest BCUT2D eigenvalue weighted by Gasteiger charge is -2.18. The second-order valence-electron chi connectivity index (χ2n) is 9.74. The number of aromatic nitrogens is 4. The van der Waals surface area contributed by atoms with E-state index in [0.717, 1.165) is 62.7 Å². The number of alkyl halides is 2. The number of hydrogen-bond acceptors (Lipinski definition) is 6. The Balaban J connectivity index is 1.43. The lowest BCUT2D eigenvalue weighted by Crippen LogP contribution is -2.24. The van der Waals surface area contributed by atoms with Crippen molar-refractivity contribution in [1.82, 2.24) is 24.6 Å². The second kappa shape index (κ2) is 9.11. The Morgan fingerprint density at radius 1 is 1.24 bits per heavy atom. The van der Waals surface area contributed by atoms with E-state index in [2.05, 4.69) is 21.4 Å². The van der Waals surface area contributed by atoms with E-state index in [1.54, 1.807) is 11.1 Å². The molecule has 10 heteroatoms. The molecule has 2 aliphatic rings. The molecule has 1 aliphatic carbocycles. The summed E-state index contributed by atoms with van der Waals surface area (Å²) >= 11 is 1.46. The third kappa shape index (κ3) is 4.55. The zero-order chi connectivity index (χ0) is 25.7. The van der Waals surface area contributed by atoms with Gasteiger partial charge in [0.05, 0.1) is 34.2 Å². The Morgan fingerprint density at radius 3 is 2.81 bits per heavy atom. The number of amides is 1. The Kier molecular flexibility index (Phi) is 5.88. The number of nitrogens with one attached hydrogen (secondary N) is 1. The van der Waals surface area contributed by atoms with Crippen LogP contribution in [0.15, 0.2) is 42.7 Å². The first kappa shape index (κ1) is 23.9. The van der Waals surface area contributed by atoms with E-state index >= 15 is 0 Å². The number of likely N-dealkylation sites (tertiary alicyclic amines) is 1. The first-order chi connectivity index (χ1) is 17.8. The van der Waals surface area contributed by atoms with Gasteiger partial charge in [-0.2, -0.15) is 5.10 Å². The summed E-state index contributed by atoms with van der Waals surface area (Å²) in [5, 5.41) is 8.47. The number of benzene rings is 1. The van der Waals surface area contributed by atoms with Crippen molar-refractivity contribution in [2.75, 3.05) is 18.4 Å². The maximum absolute atomic E-state index is 13.7. The van der Waals surface area contributed by atoms with Crippen molar-refractivity contribution in [3.8, 4) is 27.5 Å². The van der Waals surface area contributed by atoms with Crippen LogP contribution in [0.1, 0.15) is 35.7 Å². The predicted molar refractivity (Wildman–Crippen MR) is 139 cm³/mol. The molecule has 1 aromatic carbocycles. The van der Waals surface area contributed by atoms with Crippen molar-refractivity contribution in [3.63, 3.8) is 0 Å². The maximum Gasteiger partial charge on any atom is 0.261 e. The highest BCUT2D eigenvalue weighted by atomic mass is 32.1. The molecular formula is C27H26F2N6OS. The monoisotopic (exact) mass is 520 g/mol. The topological polar surface area (TPSA) is 75.9 Å². The first-order valence-electron chi connectivity index (χ1n) is 12.3. The van der Waals surface area contributed by atoms with Gasteiger partial charge in [-0.1, -0.05) is 23.5 Å². The molecule has 1 fully saturated rings. The average molecular weight is 521 g/mol.